The molecular weight excluding hydrogens is 294 g/mol. The molecule has 1 heterocycles. The Morgan fingerprint density at radius 3 is 2.47 bits per heavy atom. The summed E-state index contributed by atoms with van der Waals surface area (Å²) in [4.78, 5) is 35.6. The Morgan fingerprint density at radius 2 is 1.95 bits per heavy atom. The van der Waals surface area contributed by atoms with Crippen molar-refractivity contribution < 1.29 is 9.85 Å². The van der Waals surface area contributed by atoms with Crippen LogP contribution in [0.25, 0.3) is 10.1 Å². The summed E-state index contributed by atoms with van der Waals surface area (Å²) in [6.07, 6.45) is 1.68. The van der Waals surface area contributed by atoms with Gasteiger partial charge in [-0.3, -0.25) is 25.0 Å². The first-order chi connectivity index (χ1) is 8.93. The summed E-state index contributed by atoms with van der Waals surface area (Å²) < 4.78 is 0.467. The lowest BCUT2D eigenvalue weighted by Crippen LogP contribution is -2.07. The molecule has 0 aliphatic heterocycles. The van der Waals surface area contributed by atoms with Crippen molar-refractivity contribution in [2.45, 2.75) is 4.34 Å². The second-order valence-electron chi connectivity index (χ2n) is 3.34. The van der Waals surface area contributed by atoms with Gasteiger partial charge < -0.3 is 0 Å². The summed E-state index contributed by atoms with van der Waals surface area (Å²) >= 11 is 2.14. The fourth-order valence-electron chi connectivity index (χ4n) is 1.45. The maximum absolute atomic E-state index is 11.7. The Kier molecular flexibility index (Phi) is 3.44. The van der Waals surface area contributed by atoms with Crippen LogP contribution in [0.15, 0.2) is 21.3 Å². The molecule has 2 rings (SSSR count). The molecule has 0 N–H and O–H groups in total. The minimum atomic E-state index is -0.779. The van der Waals surface area contributed by atoms with Crippen LogP contribution in [0.1, 0.15) is 0 Å². The summed E-state index contributed by atoms with van der Waals surface area (Å²) in [5.74, 6) is 0. The summed E-state index contributed by atoms with van der Waals surface area (Å²) in [7, 11) is 0. The Labute approximate surface area is 113 Å². The molecule has 0 saturated heterocycles. The van der Waals surface area contributed by atoms with Crippen LogP contribution in [-0.4, -0.2) is 21.1 Å². The number of benzene rings is 1. The first kappa shape index (κ1) is 13.4. The zero-order chi connectivity index (χ0) is 14.2. The van der Waals surface area contributed by atoms with Gasteiger partial charge >= 0.3 is 0 Å². The maximum atomic E-state index is 11.7. The van der Waals surface area contributed by atoms with Crippen molar-refractivity contribution in [3.8, 4) is 0 Å². The first-order valence-electron chi connectivity index (χ1n) is 4.75. The van der Waals surface area contributed by atoms with E-state index in [0.717, 1.165) is 23.5 Å². The number of hydrogen-bond donors (Lipinski definition) is 0. The van der Waals surface area contributed by atoms with Crippen molar-refractivity contribution in [3.05, 3.63) is 42.7 Å². The third kappa shape index (κ3) is 2.39. The summed E-state index contributed by atoms with van der Waals surface area (Å²) in [5.41, 5.74) is -1.66. The Hall–Kier alpha value is -2.07. The molecule has 8 nitrogen and oxygen atoms in total. The Bertz CT molecular complexity index is 757. The topological polar surface area (TPSA) is 116 Å². The lowest BCUT2D eigenvalue weighted by Gasteiger charge is -2.00. The van der Waals surface area contributed by atoms with Crippen molar-refractivity contribution >= 4 is 44.6 Å². The quantitative estimate of drug-likeness (QED) is 0.484. The lowest BCUT2D eigenvalue weighted by atomic mass is 10.2. The van der Waals surface area contributed by atoms with Gasteiger partial charge in [-0.25, -0.2) is 0 Å². The molecule has 10 heteroatoms. The van der Waals surface area contributed by atoms with Gasteiger partial charge in [-0.05, 0) is 6.26 Å². The molecule has 0 aliphatic carbocycles. The van der Waals surface area contributed by atoms with Gasteiger partial charge in [0.25, 0.3) is 16.9 Å². The predicted octanol–water partition coefficient (Wildman–Crippen LogP) is 2.19. The zero-order valence-corrected chi connectivity index (χ0v) is 11.0. The SMILES string of the molecule is CSc1nc(=O)c2cc([N+](=O)[O-])cc([N+](=O)[O-])c2s1. The molecule has 0 radical (unpaired) electrons. The number of aromatic nitrogens is 1. The van der Waals surface area contributed by atoms with Crippen molar-refractivity contribution in [1.29, 1.82) is 0 Å². The van der Waals surface area contributed by atoms with Crippen LogP contribution in [0.3, 0.4) is 0 Å². The van der Waals surface area contributed by atoms with E-state index in [2.05, 4.69) is 4.98 Å². The third-order valence-corrected chi connectivity index (χ3v) is 4.34. The molecule has 0 spiro atoms. The number of non-ortho nitro benzene ring substituents is 2. The maximum Gasteiger partial charge on any atom is 0.294 e. The molecule has 0 aliphatic rings. The van der Waals surface area contributed by atoms with Crippen LogP contribution in [0.2, 0.25) is 0 Å². The van der Waals surface area contributed by atoms with E-state index in [1.54, 1.807) is 6.26 Å². The van der Waals surface area contributed by atoms with Gasteiger partial charge in [-0.2, -0.15) is 4.98 Å². The molecule has 0 saturated carbocycles. The highest BCUT2D eigenvalue weighted by Crippen LogP contribution is 2.34. The number of hydrogen-bond acceptors (Lipinski definition) is 8. The van der Waals surface area contributed by atoms with Gasteiger partial charge in [-0.15, -0.1) is 11.3 Å². The third-order valence-electron chi connectivity index (χ3n) is 2.25. The molecule has 2 aromatic rings. The number of nitro groups is 2. The van der Waals surface area contributed by atoms with Crippen LogP contribution >= 0.6 is 23.1 Å². The van der Waals surface area contributed by atoms with Gasteiger partial charge in [0.2, 0.25) is 0 Å². The Balaban J connectivity index is 2.95. The van der Waals surface area contributed by atoms with E-state index < -0.39 is 26.8 Å². The zero-order valence-electron chi connectivity index (χ0n) is 9.35. The highest BCUT2D eigenvalue weighted by Gasteiger charge is 2.22. The standard InChI is InChI=1S/C9H5N3O5S2/c1-18-9-10-8(13)5-2-4(11(14)15)3-6(12(16)17)7(5)19-9/h2-3H,1H3. The first-order valence-corrected chi connectivity index (χ1v) is 6.80. The van der Waals surface area contributed by atoms with Gasteiger partial charge in [0.05, 0.1) is 21.3 Å². The lowest BCUT2D eigenvalue weighted by molar-refractivity contribution is -0.392. The van der Waals surface area contributed by atoms with Gasteiger partial charge in [0.1, 0.15) is 4.70 Å². The molecule has 19 heavy (non-hydrogen) atoms. The van der Waals surface area contributed by atoms with E-state index in [1.807, 2.05) is 0 Å². The molecule has 1 aromatic carbocycles. The van der Waals surface area contributed by atoms with E-state index in [-0.39, 0.29) is 10.1 Å². The average Bonchev–Trinajstić information content (AvgIpc) is 2.37. The average molecular weight is 299 g/mol. The number of rotatable bonds is 3. The number of nitrogens with zero attached hydrogens (tertiary/aromatic N) is 3. The van der Waals surface area contributed by atoms with Crippen molar-refractivity contribution in [1.82, 2.24) is 4.98 Å². The molecule has 0 bridgehead atoms. The van der Waals surface area contributed by atoms with Crippen molar-refractivity contribution in [3.63, 3.8) is 0 Å². The van der Waals surface area contributed by atoms with E-state index in [9.17, 15) is 25.0 Å². The van der Waals surface area contributed by atoms with Crippen LogP contribution in [-0.2, 0) is 0 Å². The van der Waals surface area contributed by atoms with E-state index in [4.69, 9.17) is 0 Å². The van der Waals surface area contributed by atoms with Gasteiger partial charge in [-0.1, -0.05) is 11.8 Å². The van der Waals surface area contributed by atoms with Crippen LogP contribution in [0, 0.1) is 20.2 Å². The molecule has 0 amide bonds. The predicted molar refractivity (Wildman–Crippen MR) is 71.0 cm³/mol. The molecular formula is C9H5N3O5S2. The van der Waals surface area contributed by atoms with Crippen LogP contribution < -0.4 is 5.56 Å². The van der Waals surface area contributed by atoms with Crippen LogP contribution in [0.5, 0.6) is 0 Å². The van der Waals surface area contributed by atoms with Gasteiger partial charge in [0, 0.05) is 6.07 Å². The minimum absolute atomic E-state index is 0.0972. The largest absolute Gasteiger partial charge is 0.294 e. The molecule has 0 atom stereocenters. The van der Waals surface area contributed by atoms with Crippen LogP contribution in [0.4, 0.5) is 11.4 Å². The number of thioether (sulfide) groups is 1. The smallest absolute Gasteiger partial charge is 0.267 e. The minimum Gasteiger partial charge on any atom is -0.267 e. The van der Waals surface area contributed by atoms with Gasteiger partial charge in [0.15, 0.2) is 4.34 Å². The van der Waals surface area contributed by atoms with Crippen molar-refractivity contribution in [2.24, 2.45) is 0 Å². The van der Waals surface area contributed by atoms with E-state index >= 15 is 0 Å². The molecule has 1 aromatic heterocycles. The monoisotopic (exact) mass is 299 g/mol. The van der Waals surface area contributed by atoms with E-state index in [1.165, 1.54) is 11.8 Å². The second-order valence-corrected chi connectivity index (χ2v) is 5.40. The number of nitro benzene ring substituents is 2. The molecule has 0 unspecified atom stereocenters. The summed E-state index contributed by atoms with van der Waals surface area (Å²) in [6, 6.07) is 1.86. The molecule has 98 valence electrons. The highest BCUT2D eigenvalue weighted by atomic mass is 32.2. The van der Waals surface area contributed by atoms with Crippen molar-refractivity contribution in [2.75, 3.05) is 6.26 Å². The molecule has 0 fully saturated rings. The fraction of sp³-hybridized carbons (Fsp3) is 0.111. The summed E-state index contributed by atoms with van der Waals surface area (Å²) in [6.45, 7) is 0. The fourth-order valence-corrected chi connectivity index (χ4v) is 3.00. The number of fused-ring (bicyclic) bond motifs is 1. The summed E-state index contributed by atoms with van der Waals surface area (Å²) in [5, 5.41) is 21.6. The highest BCUT2D eigenvalue weighted by molar-refractivity contribution is 8.00. The second kappa shape index (κ2) is 4.90. The Morgan fingerprint density at radius 1 is 1.26 bits per heavy atom. The normalized spacial score (nSPS) is 10.6. The van der Waals surface area contributed by atoms with E-state index in [0.29, 0.717) is 4.34 Å².